The second-order valence-corrected chi connectivity index (χ2v) is 4.20. The summed E-state index contributed by atoms with van der Waals surface area (Å²) in [5.74, 6) is 1.82. The Kier molecular flexibility index (Phi) is 3.67. The molecule has 4 heteroatoms. The molecule has 2 aromatic rings. The molecule has 1 atom stereocenters. The topological polar surface area (TPSA) is 48.4 Å². The van der Waals surface area contributed by atoms with Gasteiger partial charge in [-0.1, -0.05) is 0 Å². The third-order valence-electron chi connectivity index (χ3n) is 2.70. The molecule has 0 fully saturated rings. The van der Waals surface area contributed by atoms with Gasteiger partial charge in [-0.15, -0.1) is 0 Å². The number of aryl methyl sites for hydroxylation is 2. The van der Waals surface area contributed by atoms with Crippen molar-refractivity contribution in [3.63, 3.8) is 0 Å². The van der Waals surface area contributed by atoms with Crippen LogP contribution in [0.15, 0.2) is 34.7 Å². The minimum Gasteiger partial charge on any atom is -0.481 e. The molecule has 0 amide bonds. The average molecular weight is 249 g/mol. The second kappa shape index (κ2) is 5.23. The summed E-state index contributed by atoms with van der Waals surface area (Å²) in [5, 5.41) is 0. The summed E-state index contributed by atoms with van der Waals surface area (Å²) in [5.41, 5.74) is 6.21. The smallest absolute Gasteiger partial charge is 0.168 e. The zero-order valence-electron chi connectivity index (χ0n) is 10.4. The predicted octanol–water partition coefficient (Wildman–Crippen LogP) is 3.11. The lowest BCUT2D eigenvalue weighted by molar-refractivity contribution is 0.182. The van der Waals surface area contributed by atoms with E-state index in [4.69, 9.17) is 14.9 Å². The highest BCUT2D eigenvalue weighted by atomic mass is 19.1. The largest absolute Gasteiger partial charge is 0.481 e. The highest BCUT2D eigenvalue weighted by molar-refractivity contribution is 5.29. The van der Waals surface area contributed by atoms with Crippen LogP contribution in [-0.2, 0) is 0 Å². The monoisotopic (exact) mass is 249 g/mol. The van der Waals surface area contributed by atoms with Crippen molar-refractivity contribution in [3.8, 4) is 5.75 Å². The van der Waals surface area contributed by atoms with E-state index in [0.29, 0.717) is 23.6 Å². The Balaban J connectivity index is 2.17. The molecule has 1 unspecified atom stereocenters. The number of nitrogens with two attached hydrogens (primary N) is 1. The standard InChI is InChI=1S/C14H16FNO2/c1-9-7-11(4-5-12(9)15)18-14(8-16)13-6-3-10(2)17-13/h3-7,14H,8,16H2,1-2H3. The van der Waals surface area contributed by atoms with Gasteiger partial charge >= 0.3 is 0 Å². The Morgan fingerprint density at radius 3 is 2.61 bits per heavy atom. The van der Waals surface area contributed by atoms with Gasteiger partial charge in [0, 0.05) is 6.54 Å². The van der Waals surface area contributed by atoms with E-state index in [-0.39, 0.29) is 11.9 Å². The SMILES string of the molecule is Cc1ccc(C(CN)Oc2ccc(F)c(C)c2)o1. The molecule has 18 heavy (non-hydrogen) atoms. The summed E-state index contributed by atoms with van der Waals surface area (Å²) in [7, 11) is 0. The lowest BCUT2D eigenvalue weighted by atomic mass is 10.2. The molecule has 96 valence electrons. The van der Waals surface area contributed by atoms with Crippen LogP contribution in [0.2, 0.25) is 0 Å². The molecular formula is C14H16FNO2. The fourth-order valence-electron chi connectivity index (χ4n) is 1.70. The van der Waals surface area contributed by atoms with E-state index in [9.17, 15) is 4.39 Å². The molecule has 0 radical (unpaired) electrons. The Hall–Kier alpha value is -1.81. The lowest BCUT2D eigenvalue weighted by Gasteiger charge is -2.15. The molecule has 0 aliphatic rings. The van der Waals surface area contributed by atoms with Gasteiger partial charge in [0.15, 0.2) is 6.10 Å². The summed E-state index contributed by atoms with van der Waals surface area (Å²) in [6.45, 7) is 3.85. The summed E-state index contributed by atoms with van der Waals surface area (Å²) in [4.78, 5) is 0. The zero-order valence-corrected chi connectivity index (χ0v) is 10.4. The van der Waals surface area contributed by atoms with Crippen LogP contribution in [0, 0.1) is 19.7 Å². The number of hydrogen-bond acceptors (Lipinski definition) is 3. The van der Waals surface area contributed by atoms with Gasteiger partial charge in [0.25, 0.3) is 0 Å². The highest BCUT2D eigenvalue weighted by Crippen LogP contribution is 2.24. The van der Waals surface area contributed by atoms with Crippen molar-refractivity contribution in [3.05, 3.63) is 53.2 Å². The van der Waals surface area contributed by atoms with E-state index in [2.05, 4.69) is 0 Å². The average Bonchev–Trinajstić information content (AvgIpc) is 2.77. The van der Waals surface area contributed by atoms with Crippen LogP contribution in [0.25, 0.3) is 0 Å². The summed E-state index contributed by atoms with van der Waals surface area (Å²) < 4.78 is 24.3. The molecule has 0 saturated carbocycles. The molecular weight excluding hydrogens is 233 g/mol. The Bertz CT molecular complexity index is 536. The van der Waals surface area contributed by atoms with Crippen LogP contribution < -0.4 is 10.5 Å². The maximum absolute atomic E-state index is 13.1. The van der Waals surface area contributed by atoms with E-state index in [0.717, 1.165) is 5.76 Å². The molecule has 1 aromatic heterocycles. The summed E-state index contributed by atoms with van der Waals surface area (Å²) >= 11 is 0. The van der Waals surface area contributed by atoms with Gasteiger partial charge in [-0.05, 0) is 49.7 Å². The molecule has 1 heterocycles. The number of rotatable bonds is 4. The van der Waals surface area contributed by atoms with Gasteiger partial charge in [0.2, 0.25) is 0 Å². The molecule has 2 N–H and O–H groups in total. The third kappa shape index (κ3) is 2.71. The minimum absolute atomic E-state index is 0.250. The van der Waals surface area contributed by atoms with Crippen LogP contribution in [0.4, 0.5) is 4.39 Å². The molecule has 0 aliphatic carbocycles. The third-order valence-corrected chi connectivity index (χ3v) is 2.70. The van der Waals surface area contributed by atoms with Crippen molar-refractivity contribution in [2.24, 2.45) is 5.73 Å². The van der Waals surface area contributed by atoms with Gasteiger partial charge in [0.05, 0.1) is 0 Å². The molecule has 2 rings (SSSR count). The van der Waals surface area contributed by atoms with Crippen molar-refractivity contribution in [1.82, 2.24) is 0 Å². The molecule has 0 bridgehead atoms. The molecule has 0 saturated heterocycles. The first kappa shape index (κ1) is 12.6. The van der Waals surface area contributed by atoms with Gasteiger partial charge < -0.3 is 14.9 Å². The highest BCUT2D eigenvalue weighted by Gasteiger charge is 2.15. The van der Waals surface area contributed by atoms with Gasteiger partial charge in [-0.2, -0.15) is 0 Å². The number of hydrogen-bond donors (Lipinski definition) is 1. The van der Waals surface area contributed by atoms with E-state index in [1.54, 1.807) is 19.1 Å². The number of furan rings is 1. The van der Waals surface area contributed by atoms with Gasteiger partial charge in [-0.3, -0.25) is 0 Å². The second-order valence-electron chi connectivity index (χ2n) is 4.20. The summed E-state index contributed by atoms with van der Waals surface area (Å²) in [6.07, 6.45) is -0.358. The van der Waals surface area contributed by atoms with Crippen molar-refractivity contribution >= 4 is 0 Å². The van der Waals surface area contributed by atoms with Crippen LogP contribution in [0.5, 0.6) is 5.75 Å². The molecule has 0 spiro atoms. The predicted molar refractivity (Wildman–Crippen MR) is 67.0 cm³/mol. The van der Waals surface area contributed by atoms with E-state index >= 15 is 0 Å². The molecule has 1 aromatic carbocycles. The van der Waals surface area contributed by atoms with Gasteiger partial charge in [-0.25, -0.2) is 4.39 Å². The fourth-order valence-corrected chi connectivity index (χ4v) is 1.70. The van der Waals surface area contributed by atoms with Crippen molar-refractivity contribution in [1.29, 1.82) is 0 Å². The number of halogens is 1. The van der Waals surface area contributed by atoms with E-state index in [1.165, 1.54) is 6.07 Å². The lowest BCUT2D eigenvalue weighted by Crippen LogP contribution is -2.18. The van der Waals surface area contributed by atoms with E-state index < -0.39 is 0 Å². The maximum atomic E-state index is 13.1. The Morgan fingerprint density at radius 2 is 2.06 bits per heavy atom. The Morgan fingerprint density at radius 1 is 1.28 bits per heavy atom. The quantitative estimate of drug-likeness (QED) is 0.905. The normalized spacial score (nSPS) is 12.4. The first-order valence-electron chi connectivity index (χ1n) is 5.79. The van der Waals surface area contributed by atoms with Crippen LogP contribution in [0.3, 0.4) is 0 Å². The van der Waals surface area contributed by atoms with Crippen LogP contribution in [-0.4, -0.2) is 6.54 Å². The minimum atomic E-state index is -0.358. The number of benzene rings is 1. The fraction of sp³-hybridized carbons (Fsp3) is 0.286. The first-order chi connectivity index (χ1) is 8.60. The zero-order chi connectivity index (χ0) is 13.1. The van der Waals surface area contributed by atoms with E-state index in [1.807, 2.05) is 19.1 Å². The van der Waals surface area contributed by atoms with Crippen LogP contribution in [0.1, 0.15) is 23.2 Å². The maximum Gasteiger partial charge on any atom is 0.168 e. The molecule has 0 aliphatic heterocycles. The molecule has 3 nitrogen and oxygen atoms in total. The summed E-state index contributed by atoms with van der Waals surface area (Å²) in [6, 6.07) is 8.31. The van der Waals surface area contributed by atoms with Crippen molar-refractivity contribution < 1.29 is 13.5 Å². The van der Waals surface area contributed by atoms with Crippen molar-refractivity contribution in [2.45, 2.75) is 20.0 Å². The van der Waals surface area contributed by atoms with Crippen molar-refractivity contribution in [2.75, 3.05) is 6.54 Å². The first-order valence-corrected chi connectivity index (χ1v) is 5.79. The van der Waals surface area contributed by atoms with Gasteiger partial charge in [0.1, 0.15) is 23.1 Å². The Labute approximate surface area is 105 Å². The number of ether oxygens (including phenoxy) is 1. The van der Waals surface area contributed by atoms with Crippen LogP contribution >= 0.6 is 0 Å².